The van der Waals surface area contributed by atoms with Gasteiger partial charge in [-0.2, -0.15) is 0 Å². The summed E-state index contributed by atoms with van der Waals surface area (Å²) in [5.41, 5.74) is 4.40. The lowest BCUT2D eigenvalue weighted by Gasteiger charge is -2.40. The molecule has 0 aliphatic carbocycles. The van der Waals surface area contributed by atoms with E-state index in [2.05, 4.69) is 0 Å². The van der Waals surface area contributed by atoms with E-state index in [1.807, 2.05) is 105 Å². The molecule has 0 saturated carbocycles. The summed E-state index contributed by atoms with van der Waals surface area (Å²) in [4.78, 5) is 32.2. The van der Waals surface area contributed by atoms with Crippen molar-refractivity contribution in [1.29, 1.82) is 0 Å². The third-order valence-corrected chi connectivity index (χ3v) is 5.43. The number of hydrogen-bond donors (Lipinski definition) is 0. The van der Waals surface area contributed by atoms with Crippen molar-refractivity contribution in [2.75, 3.05) is 35.3 Å². The van der Waals surface area contributed by atoms with Crippen molar-refractivity contribution < 1.29 is 9.59 Å². The number of carbonyl (C=O) groups is 2. The summed E-state index contributed by atoms with van der Waals surface area (Å²) in [5, 5.41) is 0. The van der Waals surface area contributed by atoms with Gasteiger partial charge in [-0.05, 0) is 48.9 Å². The van der Waals surface area contributed by atoms with Gasteiger partial charge in [0.05, 0.1) is 0 Å². The summed E-state index contributed by atoms with van der Waals surface area (Å²) in [7, 11) is 3.94. The fourth-order valence-corrected chi connectivity index (χ4v) is 3.76. The van der Waals surface area contributed by atoms with E-state index >= 15 is 0 Å². The zero-order valence-electron chi connectivity index (χ0n) is 17.4. The second kappa shape index (κ2) is 8.03. The van der Waals surface area contributed by atoms with Crippen molar-refractivity contribution in [3.63, 3.8) is 0 Å². The van der Waals surface area contributed by atoms with Crippen LogP contribution in [0.4, 0.5) is 17.1 Å². The van der Waals surface area contributed by atoms with Crippen molar-refractivity contribution in [2.24, 2.45) is 0 Å². The van der Waals surface area contributed by atoms with E-state index in [9.17, 15) is 9.59 Å². The van der Waals surface area contributed by atoms with Gasteiger partial charge in [-0.25, -0.2) is 0 Å². The number of anilines is 3. The highest BCUT2D eigenvalue weighted by Gasteiger charge is 2.41. The zero-order chi connectivity index (χ0) is 21.3. The van der Waals surface area contributed by atoms with Crippen molar-refractivity contribution in [1.82, 2.24) is 0 Å². The molecule has 1 atom stereocenters. The molecule has 2 amide bonds. The van der Waals surface area contributed by atoms with Crippen LogP contribution in [0, 0.1) is 6.92 Å². The zero-order valence-corrected chi connectivity index (χ0v) is 17.4. The second-order valence-electron chi connectivity index (χ2n) is 7.75. The minimum Gasteiger partial charge on any atom is -0.378 e. The minimum absolute atomic E-state index is 0.0169. The lowest BCUT2D eigenvalue weighted by atomic mass is 9.99. The summed E-state index contributed by atoms with van der Waals surface area (Å²) in [5.74, 6) is -0.219. The molecule has 0 radical (unpaired) electrons. The van der Waals surface area contributed by atoms with Crippen LogP contribution in [0.2, 0.25) is 0 Å². The van der Waals surface area contributed by atoms with E-state index < -0.39 is 6.04 Å². The van der Waals surface area contributed by atoms with E-state index in [-0.39, 0.29) is 18.4 Å². The van der Waals surface area contributed by atoms with Crippen LogP contribution in [0.15, 0.2) is 78.9 Å². The molecule has 3 aromatic rings. The lowest BCUT2D eigenvalue weighted by Crippen LogP contribution is -2.56. The molecule has 0 unspecified atom stereocenters. The third kappa shape index (κ3) is 3.66. The Labute approximate surface area is 177 Å². The summed E-state index contributed by atoms with van der Waals surface area (Å²) < 4.78 is 0. The van der Waals surface area contributed by atoms with Crippen LogP contribution >= 0.6 is 0 Å². The Morgan fingerprint density at radius 2 is 1.43 bits per heavy atom. The molecule has 0 bridgehead atoms. The smallest absolute Gasteiger partial charge is 0.255 e. The Bertz CT molecular complexity index is 1040. The lowest BCUT2D eigenvalue weighted by molar-refractivity contribution is -0.128. The molecule has 5 heteroatoms. The molecule has 1 heterocycles. The van der Waals surface area contributed by atoms with E-state index in [4.69, 9.17) is 0 Å². The number of amides is 2. The van der Waals surface area contributed by atoms with E-state index in [1.165, 1.54) is 0 Å². The predicted octanol–water partition coefficient (Wildman–Crippen LogP) is 4.18. The van der Waals surface area contributed by atoms with Crippen LogP contribution in [0.1, 0.15) is 17.2 Å². The molecule has 1 fully saturated rings. The minimum atomic E-state index is -0.717. The molecular weight excluding hydrogens is 374 g/mol. The van der Waals surface area contributed by atoms with Crippen LogP contribution in [-0.4, -0.2) is 32.5 Å². The topological polar surface area (TPSA) is 43.9 Å². The Hall–Kier alpha value is -3.60. The number of aryl methyl sites for hydroxylation is 1. The quantitative estimate of drug-likeness (QED) is 0.661. The van der Waals surface area contributed by atoms with Gasteiger partial charge in [0.2, 0.25) is 5.91 Å². The molecule has 30 heavy (non-hydrogen) atoms. The Balaban J connectivity index is 1.79. The Morgan fingerprint density at radius 3 is 2.03 bits per heavy atom. The summed E-state index contributed by atoms with van der Waals surface area (Å²) in [6.07, 6.45) is 0. The molecule has 1 aliphatic rings. The van der Waals surface area contributed by atoms with Gasteiger partial charge in [-0.1, -0.05) is 48.0 Å². The van der Waals surface area contributed by atoms with Crippen LogP contribution in [0.25, 0.3) is 0 Å². The first-order valence-electron chi connectivity index (χ1n) is 9.98. The molecule has 152 valence electrons. The summed E-state index contributed by atoms with van der Waals surface area (Å²) >= 11 is 0. The molecule has 0 spiro atoms. The normalized spacial score (nSPS) is 16.7. The number of para-hydroxylation sites is 1. The van der Waals surface area contributed by atoms with Gasteiger partial charge in [-0.3, -0.25) is 14.5 Å². The molecule has 3 aromatic carbocycles. The molecule has 4 rings (SSSR count). The fraction of sp³-hybridized carbons (Fsp3) is 0.200. The van der Waals surface area contributed by atoms with Crippen molar-refractivity contribution >= 4 is 28.9 Å². The average molecular weight is 399 g/mol. The van der Waals surface area contributed by atoms with E-state index in [0.29, 0.717) is 0 Å². The van der Waals surface area contributed by atoms with E-state index in [1.54, 1.807) is 9.80 Å². The van der Waals surface area contributed by atoms with Gasteiger partial charge in [-0.15, -0.1) is 0 Å². The van der Waals surface area contributed by atoms with Gasteiger partial charge >= 0.3 is 0 Å². The molecular formula is C25H25N3O2. The third-order valence-electron chi connectivity index (χ3n) is 5.43. The van der Waals surface area contributed by atoms with Crippen molar-refractivity contribution in [3.8, 4) is 0 Å². The number of hydrogen-bond acceptors (Lipinski definition) is 3. The molecule has 1 saturated heterocycles. The maximum atomic E-state index is 13.7. The highest BCUT2D eigenvalue weighted by atomic mass is 16.2. The number of rotatable bonds is 4. The molecule has 0 aromatic heterocycles. The molecule has 1 aliphatic heterocycles. The van der Waals surface area contributed by atoms with Crippen molar-refractivity contribution in [2.45, 2.75) is 13.0 Å². The monoisotopic (exact) mass is 399 g/mol. The van der Waals surface area contributed by atoms with Crippen LogP contribution < -0.4 is 14.7 Å². The number of piperazine rings is 1. The average Bonchev–Trinajstić information content (AvgIpc) is 2.76. The van der Waals surface area contributed by atoms with Crippen LogP contribution in [-0.2, 0) is 9.59 Å². The number of carbonyl (C=O) groups excluding carboxylic acids is 2. The SMILES string of the molecule is Cc1ccc(N2CC(=O)N(c3ccccc3)[C@@H](c3ccc(N(C)C)cc3)C2=O)cc1. The first-order chi connectivity index (χ1) is 14.5. The van der Waals surface area contributed by atoms with Gasteiger partial charge in [0.25, 0.3) is 5.91 Å². The van der Waals surface area contributed by atoms with Gasteiger partial charge < -0.3 is 9.80 Å². The summed E-state index contributed by atoms with van der Waals surface area (Å²) in [6.45, 7) is 2.02. The van der Waals surface area contributed by atoms with Crippen molar-refractivity contribution in [3.05, 3.63) is 90.0 Å². The van der Waals surface area contributed by atoms with E-state index in [0.717, 1.165) is 28.2 Å². The first kappa shape index (κ1) is 19.7. The van der Waals surface area contributed by atoms with Gasteiger partial charge in [0.1, 0.15) is 12.6 Å². The highest BCUT2D eigenvalue weighted by Crippen LogP contribution is 2.35. The van der Waals surface area contributed by atoms with Gasteiger partial charge in [0, 0.05) is 31.2 Å². The largest absolute Gasteiger partial charge is 0.378 e. The first-order valence-corrected chi connectivity index (χ1v) is 9.98. The summed E-state index contributed by atoms with van der Waals surface area (Å²) in [6, 6.07) is 24.2. The number of benzene rings is 3. The standard InChI is InChI=1S/C25H25N3O2/c1-18-9-13-21(14-10-18)27-17-23(29)28(22-7-5-4-6-8-22)24(25(27)30)19-11-15-20(16-12-19)26(2)3/h4-16,24H,17H2,1-3H3/t24-/m0/s1. The maximum Gasteiger partial charge on any atom is 0.255 e. The second-order valence-corrected chi connectivity index (χ2v) is 7.75. The fourth-order valence-electron chi connectivity index (χ4n) is 3.76. The Morgan fingerprint density at radius 1 is 0.800 bits per heavy atom. The molecule has 5 nitrogen and oxygen atoms in total. The molecule has 0 N–H and O–H groups in total. The Kier molecular flexibility index (Phi) is 5.27. The van der Waals surface area contributed by atoms with Crippen LogP contribution in [0.3, 0.4) is 0 Å². The number of nitrogens with zero attached hydrogens (tertiary/aromatic N) is 3. The van der Waals surface area contributed by atoms with Gasteiger partial charge in [0.15, 0.2) is 0 Å². The highest BCUT2D eigenvalue weighted by molar-refractivity contribution is 6.14. The maximum absolute atomic E-state index is 13.7. The predicted molar refractivity (Wildman–Crippen MR) is 121 cm³/mol. The van der Waals surface area contributed by atoms with Crippen LogP contribution in [0.5, 0.6) is 0 Å².